The molecule has 0 saturated heterocycles. The second-order valence-corrected chi connectivity index (χ2v) is 8.35. The van der Waals surface area contributed by atoms with Crippen molar-refractivity contribution in [2.24, 2.45) is 0 Å². The zero-order valence-corrected chi connectivity index (χ0v) is 16.3. The number of hydrogen-bond acceptors (Lipinski definition) is 5. The summed E-state index contributed by atoms with van der Waals surface area (Å²) in [4.78, 5) is 12.5. The second kappa shape index (κ2) is 8.05. The van der Waals surface area contributed by atoms with Gasteiger partial charge in [-0.3, -0.25) is 9.10 Å². The van der Waals surface area contributed by atoms with Crippen LogP contribution in [0, 0.1) is 5.82 Å². The number of carbonyl (C=O) groups excluding carboxylic acids is 1. The van der Waals surface area contributed by atoms with Crippen molar-refractivity contribution in [3.8, 4) is 11.5 Å². The average Bonchev–Trinajstić information content (AvgIpc) is 2.65. The SMILES string of the molecule is CC(NC(=O)CN(c1ccc2c(c1)OCCO2)S(C)(=O)=O)c1ccc(F)cc1. The van der Waals surface area contributed by atoms with Crippen molar-refractivity contribution in [3.05, 3.63) is 53.8 Å². The van der Waals surface area contributed by atoms with Crippen molar-refractivity contribution >= 4 is 21.6 Å². The maximum absolute atomic E-state index is 13.0. The molecule has 0 bridgehead atoms. The van der Waals surface area contributed by atoms with Crippen LogP contribution >= 0.6 is 0 Å². The van der Waals surface area contributed by atoms with Gasteiger partial charge in [0.2, 0.25) is 15.9 Å². The number of carbonyl (C=O) groups is 1. The van der Waals surface area contributed by atoms with Crippen LogP contribution < -0.4 is 19.1 Å². The van der Waals surface area contributed by atoms with Crippen LogP contribution in [0.4, 0.5) is 10.1 Å². The van der Waals surface area contributed by atoms with Gasteiger partial charge in [0.05, 0.1) is 18.0 Å². The Morgan fingerprint density at radius 2 is 1.79 bits per heavy atom. The minimum absolute atomic E-state index is 0.302. The van der Waals surface area contributed by atoms with Gasteiger partial charge in [-0.15, -0.1) is 0 Å². The highest BCUT2D eigenvalue weighted by Crippen LogP contribution is 2.34. The van der Waals surface area contributed by atoms with Gasteiger partial charge in [0.1, 0.15) is 25.6 Å². The summed E-state index contributed by atoms with van der Waals surface area (Å²) in [5.74, 6) is 0.0941. The molecule has 0 saturated carbocycles. The number of rotatable bonds is 6. The Balaban J connectivity index is 1.76. The standard InChI is InChI=1S/C19H21FN2O5S/c1-13(14-3-5-15(20)6-4-14)21-19(23)12-22(28(2,24)25)16-7-8-17-18(11-16)27-10-9-26-17/h3-8,11,13H,9-10,12H2,1-2H3,(H,21,23). The number of nitrogens with zero attached hydrogens (tertiary/aromatic N) is 1. The molecule has 1 aliphatic heterocycles. The molecule has 1 atom stereocenters. The van der Waals surface area contributed by atoms with Gasteiger partial charge < -0.3 is 14.8 Å². The minimum atomic E-state index is -3.72. The van der Waals surface area contributed by atoms with Gasteiger partial charge in [0, 0.05) is 6.07 Å². The van der Waals surface area contributed by atoms with E-state index in [9.17, 15) is 17.6 Å². The fourth-order valence-corrected chi connectivity index (χ4v) is 3.69. The van der Waals surface area contributed by atoms with Crippen molar-refractivity contribution in [1.29, 1.82) is 0 Å². The molecule has 9 heteroatoms. The third-order valence-corrected chi connectivity index (χ3v) is 5.39. The third kappa shape index (κ3) is 4.72. The Bertz CT molecular complexity index is 963. The Hall–Kier alpha value is -2.81. The largest absolute Gasteiger partial charge is 0.486 e. The van der Waals surface area contributed by atoms with Crippen LogP contribution in [0.15, 0.2) is 42.5 Å². The Kier molecular flexibility index (Phi) is 5.73. The topological polar surface area (TPSA) is 84.9 Å². The van der Waals surface area contributed by atoms with E-state index in [1.54, 1.807) is 31.2 Å². The summed E-state index contributed by atoms with van der Waals surface area (Å²) in [5.41, 5.74) is 1.01. The van der Waals surface area contributed by atoms with Gasteiger partial charge in [0.25, 0.3) is 0 Å². The van der Waals surface area contributed by atoms with Gasteiger partial charge in [-0.1, -0.05) is 12.1 Å². The molecule has 0 aliphatic carbocycles. The first-order chi connectivity index (χ1) is 13.2. The van der Waals surface area contributed by atoms with E-state index in [2.05, 4.69) is 5.32 Å². The Labute approximate surface area is 163 Å². The first-order valence-corrected chi connectivity index (χ1v) is 10.5. The summed E-state index contributed by atoms with van der Waals surface area (Å²) < 4.78 is 49.5. The van der Waals surface area contributed by atoms with Crippen molar-refractivity contribution < 1.29 is 27.1 Å². The molecular weight excluding hydrogens is 387 g/mol. The van der Waals surface area contributed by atoms with Crippen LogP contribution in [0.25, 0.3) is 0 Å². The number of hydrogen-bond donors (Lipinski definition) is 1. The number of sulfonamides is 1. The molecule has 150 valence electrons. The highest BCUT2D eigenvalue weighted by molar-refractivity contribution is 7.92. The van der Waals surface area contributed by atoms with E-state index in [1.165, 1.54) is 18.2 Å². The molecule has 1 aliphatic rings. The maximum Gasteiger partial charge on any atom is 0.241 e. The molecule has 0 aromatic heterocycles. The summed E-state index contributed by atoms with van der Waals surface area (Å²) >= 11 is 0. The van der Waals surface area contributed by atoms with Gasteiger partial charge >= 0.3 is 0 Å². The molecule has 0 spiro atoms. The molecule has 1 unspecified atom stereocenters. The molecule has 1 N–H and O–H groups in total. The lowest BCUT2D eigenvalue weighted by Crippen LogP contribution is -2.41. The summed E-state index contributed by atoms with van der Waals surface area (Å²) in [7, 11) is -3.72. The first-order valence-electron chi connectivity index (χ1n) is 8.66. The predicted octanol–water partition coefficient (Wildman–Crippen LogP) is 2.24. The van der Waals surface area contributed by atoms with Crippen LogP contribution in [0.1, 0.15) is 18.5 Å². The highest BCUT2D eigenvalue weighted by atomic mass is 32.2. The quantitative estimate of drug-likeness (QED) is 0.793. The van der Waals surface area contributed by atoms with E-state index < -0.39 is 28.5 Å². The molecule has 3 rings (SSSR count). The molecule has 28 heavy (non-hydrogen) atoms. The molecule has 0 radical (unpaired) electrons. The number of benzene rings is 2. The van der Waals surface area contributed by atoms with Crippen LogP contribution in [0.5, 0.6) is 11.5 Å². The van der Waals surface area contributed by atoms with Gasteiger partial charge in [-0.2, -0.15) is 0 Å². The zero-order chi connectivity index (χ0) is 20.3. The Morgan fingerprint density at radius 1 is 1.14 bits per heavy atom. The number of fused-ring (bicyclic) bond motifs is 1. The third-order valence-electron chi connectivity index (χ3n) is 4.25. The van der Waals surface area contributed by atoms with E-state index >= 15 is 0 Å². The fourth-order valence-electron chi connectivity index (χ4n) is 2.84. The summed E-state index contributed by atoms with van der Waals surface area (Å²) in [6.45, 7) is 2.13. The number of nitrogens with one attached hydrogen (secondary N) is 1. The molecule has 0 fully saturated rings. The molecule has 2 aromatic rings. The number of amides is 1. The monoisotopic (exact) mass is 408 g/mol. The first kappa shape index (κ1) is 19.9. The van der Waals surface area contributed by atoms with Crippen LogP contribution in [0.2, 0.25) is 0 Å². The van der Waals surface area contributed by atoms with Crippen molar-refractivity contribution in [2.45, 2.75) is 13.0 Å². The van der Waals surface area contributed by atoms with E-state index in [0.717, 1.165) is 10.6 Å². The smallest absolute Gasteiger partial charge is 0.241 e. The fraction of sp³-hybridized carbons (Fsp3) is 0.316. The van der Waals surface area contributed by atoms with Crippen molar-refractivity contribution in [2.75, 3.05) is 30.3 Å². The average molecular weight is 408 g/mol. The lowest BCUT2D eigenvalue weighted by Gasteiger charge is -2.25. The minimum Gasteiger partial charge on any atom is -0.486 e. The molecular formula is C19H21FN2O5S. The molecule has 2 aromatic carbocycles. The van der Waals surface area contributed by atoms with E-state index in [4.69, 9.17) is 9.47 Å². The van der Waals surface area contributed by atoms with Crippen molar-refractivity contribution in [1.82, 2.24) is 5.32 Å². The zero-order valence-electron chi connectivity index (χ0n) is 15.5. The summed E-state index contributed by atoms with van der Waals surface area (Å²) in [6, 6.07) is 10.0. The van der Waals surface area contributed by atoms with Crippen LogP contribution in [-0.2, 0) is 14.8 Å². The van der Waals surface area contributed by atoms with E-state index in [1.807, 2.05) is 0 Å². The lowest BCUT2D eigenvalue weighted by molar-refractivity contribution is -0.120. The predicted molar refractivity (Wildman–Crippen MR) is 103 cm³/mol. The Morgan fingerprint density at radius 3 is 2.43 bits per heavy atom. The second-order valence-electron chi connectivity index (χ2n) is 6.44. The molecule has 7 nitrogen and oxygen atoms in total. The maximum atomic E-state index is 13.0. The van der Waals surface area contributed by atoms with Crippen LogP contribution in [0.3, 0.4) is 0 Å². The van der Waals surface area contributed by atoms with E-state index in [-0.39, 0.29) is 5.82 Å². The summed E-state index contributed by atoms with van der Waals surface area (Å²) in [6.07, 6.45) is 1.03. The molecule has 1 heterocycles. The lowest BCUT2D eigenvalue weighted by atomic mass is 10.1. The van der Waals surface area contributed by atoms with Crippen LogP contribution in [-0.4, -0.2) is 40.3 Å². The van der Waals surface area contributed by atoms with Gasteiger partial charge in [-0.05, 0) is 36.8 Å². The van der Waals surface area contributed by atoms with Gasteiger partial charge in [0.15, 0.2) is 11.5 Å². The number of halogens is 1. The molecule has 1 amide bonds. The normalized spacial score (nSPS) is 14.2. The summed E-state index contributed by atoms with van der Waals surface area (Å²) in [5, 5.41) is 2.73. The van der Waals surface area contributed by atoms with E-state index in [0.29, 0.717) is 36.0 Å². The number of anilines is 1. The highest BCUT2D eigenvalue weighted by Gasteiger charge is 2.24. The van der Waals surface area contributed by atoms with Gasteiger partial charge in [-0.25, -0.2) is 12.8 Å². The van der Waals surface area contributed by atoms with Crippen molar-refractivity contribution in [3.63, 3.8) is 0 Å². The number of ether oxygens (including phenoxy) is 2.